The van der Waals surface area contributed by atoms with Crippen molar-refractivity contribution in [3.8, 4) is 0 Å². The smallest absolute Gasteiger partial charge is 0.262 e. The number of carbonyl (C=O) groups excluding carboxylic acids is 2. The minimum absolute atomic E-state index is 0.572. The Kier molecular flexibility index (Phi) is 3.46. The number of hydrogen-bond acceptors (Lipinski definition) is 4. The van der Waals surface area contributed by atoms with Gasteiger partial charge in [-0.2, -0.15) is 0 Å². The average molecular weight is 215 g/mol. The lowest BCUT2D eigenvalue weighted by molar-refractivity contribution is -0.161. The largest absolute Gasteiger partial charge is 0.385 e. The van der Waals surface area contributed by atoms with E-state index in [4.69, 9.17) is 5.11 Å². The van der Waals surface area contributed by atoms with Crippen LogP contribution in [0.25, 0.3) is 0 Å². The number of hydrogen-bond donors (Lipinski definition) is 2. The van der Waals surface area contributed by atoms with Gasteiger partial charge in [-0.15, -0.1) is 0 Å². The molecular formula is C10H17NO4. The first-order valence-corrected chi connectivity index (χ1v) is 5.11. The zero-order chi connectivity index (χ0) is 11.6. The van der Waals surface area contributed by atoms with Crippen LogP contribution in [0.4, 0.5) is 0 Å². The molecule has 0 unspecified atom stereocenters. The lowest BCUT2D eigenvalue weighted by Crippen LogP contribution is -2.54. The number of ketones is 1. The van der Waals surface area contributed by atoms with Crippen molar-refractivity contribution in [1.82, 2.24) is 4.90 Å². The van der Waals surface area contributed by atoms with E-state index in [1.54, 1.807) is 0 Å². The van der Waals surface area contributed by atoms with Crippen molar-refractivity contribution in [1.29, 1.82) is 0 Å². The van der Waals surface area contributed by atoms with Gasteiger partial charge in [0.2, 0.25) is 11.4 Å². The van der Waals surface area contributed by atoms with E-state index in [9.17, 15) is 14.7 Å². The Balaban J connectivity index is 2.75. The molecule has 1 heterocycles. The van der Waals surface area contributed by atoms with Gasteiger partial charge in [0.05, 0.1) is 0 Å². The van der Waals surface area contributed by atoms with E-state index in [0.29, 0.717) is 13.1 Å². The van der Waals surface area contributed by atoms with Crippen molar-refractivity contribution in [2.75, 3.05) is 13.1 Å². The molecule has 1 aliphatic heterocycles. The number of rotatable bonds is 3. The number of likely N-dealkylation sites (tertiary alicyclic amines) is 1. The first-order valence-electron chi connectivity index (χ1n) is 5.11. The van der Waals surface area contributed by atoms with Crippen LogP contribution in [0.2, 0.25) is 0 Å². The Bertz CT molecular complexity index is 267. The summed E-state index contributed by atoms with van der Waals surface area (Å²) in [7, 11) is 0. The zero-order valence-electron chi connectivity index (χ0n) is 9.06. The number of nitrogens with zero attached hydrogens (tertiary/aromatic N) is 1. The molecule has 2 N–H and O–H groups in total. The molecule has 0 saturated carbocycles. The standard InChI is InChI=1S/C10H17NO4/c1-7(12)8(13)10(2,15)9(14)11-5-3-4-6-11/h7,12,15H,3-6H2,1-2H3/t7-,10-/m1/s1. The Morgan fingerprint density at radius 1 is 1.33 bits per heavy atom. The van der Waals surface area contributed by atoms with Gasteiger partial charge in [-0.3, -0.25) is 9.59 Å². The third-order valence-electron chi connectivity index (χ3n) is 2.67. The number of aliphatic hydroxyl groups is 2. The summed E-state index contributed by atoms with van der Waals surface area (Å²) in [4.78, 5) is 24.6. The molecule has 0 spiro atoms. The lowest BCUT2D eigenvalue weighted by atomic mass is 9.96. The van der Waals surface area contributed by atoms with Gasteiger partial charge in [-0.1, -0.05) is 0 Å². The molecule has 5 heteroatoms. The van der Waals surface area contributed by atoms with Gasteiger partial charge in [-0.05, 0) is 26.7 Å². The van der Waals surface area contributed by atoms with Crippen LogP contribution >= 0.6 is 0 Å². The van der Waals surface area contributed by atoms with Crippen LogP contribution in [-0.4, -0.2) is 51.6 Å². The minimum atomic E-state index is -2.10. The molecule has 0 aliphatic carbocycles. The fourth-order valence-electron chi connectivity index (χ4n) is 1.74. The lowest BCUT2D eigenvalue weighted by Gasteiger charge is -2.27. The van der Waals surface area contributed by atoms with E-state index in [-0.39, 0.29) is 0 Å². The van der Waals surface area contributed by atoms with E-state index in [0.717, 1.165) is 19.8 Å². The van der Waals surface area contributed by atoms with E-state index in [1.807, 2.05) is 0 Å². The molecular weight excluding hydrogens is 198 g/mol. The second-order valence-electron chi connectivity index (χ2n) is 4.11. The van der Waals surface area contributed by atoms with Crippen molar-refractivity contribution < 1.29 is 19.8 Å². The summed E-state index contributed by atoms with van der Waals surface area (Å²) >= 11 is 0. The summed E-state index contributed by atoms with van der Waals surface area (Å²) in [5.74, 6) is -1.45. The Morgan fingerprint density at radius 2 is 1.80 bits per heavy atom. The summed E-state index contributed by atoms with van der Waals surface area (Å²) in [5, 5.41) is 18.8. The predicted molar refractivity (Wildman–Crippen MR) is 53.1 cm³/mol. The molecule has 15 heavy (non-hydrogen) atoms. The highest BCUT2D eigenvalue weighted by atomic mass is 16.3. The fourth-order valence-corrected chi connectivity index (χ4v) is 1.74. The van der Waals surface area contributed by atoms with Crippen molar-refractivity contribution in [3.05, 3.63) is 0 Å². The van der Waals surface area contributed by atoms with Gasteiger partial charge in [0.25, 0.3) is 5.91 Å². The van der Waals surface area contributed by atoms with Crippen molar-refractivity contribution in [3.63, 3.8) is 0 Å². The summed E-state index contributed by atoms with van der Waals surface area (Å²) in [6, 6.07) is 0. The van der Waals surface area contributed by atoms with Gasteiger partial charge >= 0.3 is 0 Å². The highest BCUT2D eigenvalue weighted by molar-refractivity contribution is 6.10. The van der Waals surface area contributed by atoms with Crippen LogP contribution in [0.3, 0.4) is 0 Å². The molecule has 1 aliphatic rings. The first kappa shape index (κ1) is 12.1. The van der Waals surface area contributed by atoms with E-state index in [1.165, 1.54) is 11.8 Å². The summed E-state index contributed by atoms with van der Waals surface area (Å²) in [6.07, 6.45) is 0.460. The molecule has 2 atom stereocenters. The highest BCUT2D eigenvalue weighted by Gasteiger charge is 2.43. The maximum absolute atomic E-state index is 11.8. The van der Waals surface area contributed by atoms with Crippen LogP contribution < -0.4 is 0 Å². The molecule has 1 amide bonds. The first-order chi connectivity index (χ1) is 6.87. The maximum atomic E-state index is 11.8. The number of carbonyl (C=O) groups is 2. The fraction of sp³-hybridized carbons (Fsp3) is 0.800. The topological polar surface area (TPSA) is 77.8 Å². The molecule has 1 saturated heterocycles. The SMILES string of the molecule is C[C@@H](O)C(=O)[C@@](C)(O)C(=O)N1CCCC1. The number of aliphatic hydroxyl groups excluding tert-OH is 1. The van der Waals surface area contributed by atoms with Crippen molar-refractivity contribution in [2.24, 2.45) is 0 Å². The third kappa shape index (κ3) is 2.35. The van der Waals surface area contributed by atoms with E-state index in [2.05, 4.69) is 0 Å². The second-order valence-corrected chi connectivity index (χ2v) is 4.11. The van der Waals surface area contributed by atoms with Gasteiger partial charge < -0.3 is 15.1 Å². The van der Waals surface area contributed by atoms with Gasteiger partial charge in [0.1, 0.15) is 6.10 Å². The Labute approximate surface area is 88.7 Å². The molecule has 0 bridgehead atoms. The molecule has 0 aromatic heterocycles. The molecule has 86 valence electrons. The minimum Gasteiger partial charge on any atom is -0.385 e. The molecule has 0 aromatic rings. The maximum Gasteiger partial charge on any atom is 0.262 e. The molecule has 5 nitrogen and oxygen atoms in total. The third-order valence-corrected chi connectivity index (χ3v) is 2.67. The Morgan fingerprint density at radius 3 is 2.20 bits per heavy atom. The van der Waals surface area contributed by atoms with Gasteiger partial charge in [0.15, 0.2) is 0 Å². The monoisotopic (exact) mass is 215 g/mol. The normalized spacial score (nSPS) is 22.3. The van der Waals surface area contributed by atoms with Crippen LogP contribution in [0.1, 0.15) is 26.7 Å². The van der Waals surface area contributed by atoms with Gasteiger partial charge in [0, 0.05) is 13.1 Å². The van der Waals surface area contributed by atoms with Crippen LogP contribution in [0, 0.1) is 0 Å². The summed E-state index contributed by atoms with van der Waals surface area (Å²) in [6.45, 7) is 3.53. The molecule has 1 rings (SSSR count). The highest BCUT2D eigenvalue weighted by Crippen LogP contribution is 2.17. The van der Waals surface area contributed by atoms with Crippen LogP contribution in [-0.2, 0) is 9.59 Å². The summed E-state index contributed by atoms with van der Waals surface area (Å²) < 4.78 is 0. The average Bonchev–Trinajstić information content (AvgIpc) is 2.67. The summed E-state index contributed by atoms with van der Waals surface area (Å²) in [5.41, 5.74) is -2.10. The number of amides is 1. The molecule has 0 radical (unpaired) electrons. The second kappa shape index (κ2) is 4.28. The molecule has 1 fully saturated rings. The van der Waals surface area contributed by atoms with Crippen molar-refractivity contribution in [2.45, 2.75) is 38.4 Å². The number of Topliss-reactive ketones (excluding diaryl/α,β-unsaturated/α-hetero) is 1. The van der Waals surface area contributed by atoms with E-state index < -0.39 is 23.4 Å². The molecule has 0 aromatic carbocycles. The van der Waals surface area contributed by atoms with E-state index >= 15 is 0 Å². The zero-order valence-corrected chi connectivity index (χ0v) is 9.06. The Hall–Kier alpha value is -0.940. The quantitative estimate of drug-likeness (QED) is 0.611. The van der Waals surface area contributed by atoms with Crippen LogP contribution in [0.15, 0.2) is 0 Å². The van der Waals surface area contributed by atoms with Gasteiger partial charge in [-0.25, -0.2) is 0 Å². The van der Waals surface area contributed by atoms with Crippen LogP contribution in [0.5, 0.6) is 0 Å². The van der Waals surface area contributed by atoms with Crippen molar-refractivity contribution >= 4 is 11.7 Å². The predicted octanol–water partition coefficient (Wildman–Crippen LogP) is -0.690.